The molecular formula is C19H26NOSe. The van der Waals surface area contributed by atoms with Crippen molar-refractivity contribution in [2.24, 2.45) is 0 Å². The molecule has 0 saturated heterocycles. The van der Waals surface area contributed by atoms with Gasteiger partial charge in [0.1, 0.15) is 0 Å². The van der Waals surface area contributed by atoms with Crippen molar-refractivity contribution in [3.8, 4) is 0 Å². The molecule has 3 heteroatoms. The first-order chi connectivity index (χ1) is 10.5. The number of benzene rings is 1. The third kappa shape index (κ3) is 4.58. The summed E-state index contributed by atoms with van der Waals surface area (Å²) in [7, 11) is 6.09. The van der Waals surface area contributed by atoms with E-state index in [-0.39, 0.29) is 6.10 Å². The van der Waals surface area contributed by atoms with Crippen molar-refractivity contribution in [2.45, 2.75) is 31.3 Å². The predicted molar refractivity (Wildman–Crippen MR) is 94.0 cm³/mol. The molecule has 0 heterocycles. The molecule has 0 aromatic heterocycles. The second kappa shape index (κ2) is 8.49. The van der Waals surface area contributed by atoms with Gasteiger partial charge in [-0.05, 0) is 0 Å². The molecule has 2 atom stereocenters. The number of rotatable bonds is 7. The van der Waals surface area contributed by atoms with E-state index < -0.39 is 0 Å². The molecule has 1 aliphatic carbocycles. The minimum atomic E-state index is 0.192. The van der Waals surface area contributed by atoms with Crippen LogP contribution in [0.25, 0.3) is 0 Å². The fraction of sp³-hybridized carbons (Fsp3) is 0.421. The fourth-order valence-electron chi connectivity index (χ4n) is 2.51. The van der Waals surface area contributed by atoms with Crippen LogP contribution in [0.15, 0.2) is 24.3 Å². The summed E-state index contributed by atoms with van der Waals surface area (Å²) in [5.74, 6) is 1.46. The molecule has 22 heavy (non-hydrogen) atoms. The van der Waals surface area contributed by atoms with Crippen molar-refractivity contribution in [2.75, 3.05) is 21.2 Å². The number of hydrogen-bond acceptors (Lipinski definition) is 2. The normalized spacial score (nSPS) is 19.7. The zero-order valence-corrected chi connectivity index (χ0v) is 15.9. The van der Waals surface area contributed by atoms with Gasteiger partial charge in [-0.15, -0.1) is 0 Å². The summed E-state index contributed by atoms with van der Waals surface area (Å²) in [5.41, 5.74) is 2.58. The Morgan fingerprint density at radius 3 is 2.64 bits per heavy atom. The molecule has 5 radical (unpaired) electrons. The number of ether oxygens (including phenoxy) is 1. The predicted octanol–water partition coefficient (Wildman–Crippen LogP) is 3.49. The molecule has 119 valence electrons. The Bertz CT molecular complexity index is 463. The average molecular weight is 363 g/mol. The summed E-state index contributed by atoms with van der Waals surface area (Å²) in [6.07, 6.45) is 6.91. The molecule has 0 amide bonds. The van der Waals surface area contributed by atoms with Crippen LogP contribution in [0.5, 0.6) is 0 Å². The van der Waals surface area contributed by atoms with E-state index in [1.54, 1.807) is 0 Å². The second-order valence-electron chi connectivity index (χ2n) is 5.93. The monoisotopic (exact) mass is 364 g/mol. The van der Waals surface area contributed by atoms with Gasteiger partial charge in [0.25, 0.3) is 0 Å². The number of hydrogen-bond donors (Lipinski definition) is 0. The van der Waals surface area contributed by atoms with E-state index in [1.165, 1.54) is 21.9 Å². The Kier molecular flexibility index (Phi) is 6.95. The SMILES string of the molecule is CO[C@@H](C[Se][C]1[CH][CH][CH][C]1[C@@H](C)N(C)C)c1cccc(C)c1. The molecule has 0 bridgehead atoms. The van der Waals surface area contributed by atoms with Gasteiger partial charge in [-0.25, -0.2) is 0 Å². The van der Waals surface area contributed by atoms with Crippen LogP contribution in [0.4, 0.5) is 0 Å². The van der Waals surface area contributed by atoms with Crippen LogP contribution in [0.2, 0.25) is 5.32 Å². The first-order valence-corrected chi connectivity index (χ1v) is 9.74. The zero-order valence-electron chi connectivity index (χ0n) is 14.2. The molecule has 0 unspecified atom stereocenters. The van der Waals surface area contributed by atoms with Gasteiger partial charge < -0.3 is 0 Å². The number of nitrogens with zero attached hydrogens (tertiary/aromatic N) is 1. The van der Waals surface area contributed by atoms with Gasteiger partial charge in [0.15, 0.2) is 0 Å². The standard InChI is InChI=1S/C19H26NOSe/c1-14-8-6-9-16(12-14)18(21-5)13-22-19-11-7-10-17(19)15(2)20(3)4/h6-12,15,18H,13H2,1-5H3/t15-,18+/m1/s1. The van der Waals surface area contributed by atoms with Gasteiger partial charge in [0.05, 0.1) is 0 Å². The third-order valence-electron chi connectivity index (χ3n) is 4.12. The molecule has 0 N–H and O–H groups in total. The first kappa shape index (κ1) is 18.0. The summed E-state index contributed by atoms with van der Waals surface area (Å²) >= 11 is 0.424. The van der Waals surface area contributed by atoms with E-state index in [1.807, 2.05) is 7.11 Å². The van der Waals surface area contributed by atoms with Crippen LogP contribution in [0, 0.1) is 36.9 Å². The summed E-state index contributed by atoms with van der Waals surface area (Å²) < 4.78 is 5.74. The zero-order chi connectivity index (χ0) is 16.1. The van der Waals surface area contributed by atoms with Crippen molar-refractivity contribution in [1.29, 1.82) is 0 Å². The van der Waals surface area contributed by atoms with Gasteiger partial charge in [0, 0.05) is 0 Å². The molecular weight excluding hydrogens is 337 g/mol. The Hall–Kier alpha value is -0.341. The summed E-state index contributed by atoms with van der Waals surface area (Å²) in [6, 6.07) is 9.12. The van der Waals surface area contributed by atoms with Crippen molar-refractivity contribution < 1.29 is 4.74 Å². The van der Waals surface area contributed by atoms with Gasteiger partial charge in [-0.2, -0.15) is 0 Å². The molecule has 0 aliphatic heterocycles. The van der Waals surface area contributed by atoms with Crippen molar-refractivity contribution in [3.05, 3.63) is 65.4 Å². The van der Waals surface area contributed by atoms with E-state index in [9.17, 15) is 0 Å². The molecule has 1 saturated carbocycles. The molecule has 1 fully saturated rings. The molecule has 1 aliphatic rings. The second-order valence-corrected chi connectivity index (χ2v) is 8.16. The topological polar surface area (TPSA) is 12.5 Å². The van der Waals surface area contributed by atoms with Crippen LogP contribution in [-0.4, -0.2) is 47.1 Å². The molecule has 1 aromatic carbocycles. The Balaban J connectivity index is 1.95. The average Bonchev–Trinajstić information content (AvgIpc) is 2.95. The van der Waals surface area contributed by atoms with Crippen molar-refractivity contribution >= 4 is 15.0 Å². The molecule has 2 rings (SSSR count). The maximum atomic E-state index is 5.74. The summed E-state index contributed by atoms with van der Waals surface area (Å²) in [6.45, 7) is 4.40. The van der Waals surface area contributed by atoms with Crippen LogP contribution < -0.4 is 0 Å². The summed E-state index contributed by atoms with van der Waals surface area (Å²) in [4.78, 5) is 3.77. The van der Waals surface area contributed by atoms with E-state index in [0.717, 1.165) is 5.32 Å². The Morgan fingerprint density at radius 1 is 1.23 bits per heavy atom. The van der Waals surface area contributed by atoms with Gasteiger partial charge in [-0.3, -0.25) is 0 Å². The van der Waals surface area contributed by atoms with E-state index in [0.29, 0.717) is 21.0 Å². The number of methoxy groups -OCH3 is 1. The minimum absolute atomic E-state index is 0.192. The van der Waals surface area contributed by atoms with Gasteiger partial charge in [-0.1, -0.05) is 0 Å². The van der Waals surface area contributed by atoms with Crippen LogP contribution >= 0.6 is 0 Å². The summed E-state index contributed by atoms with van der Waals surface area (Å²) in [5, 5.41) is 1.07. The quantitative estimate of drug-likeness (QED) is 0.688. The fourth-order valence-corrected chi connectivity index (χ4v) is 5.11. The Morgan fingerprint density at radius 2 is 2.00 bits per heavy atom. The molecule has 2 nitrogen and oxygen atoms in total. The van der Waals surface area contributed by atoms with Crippen molar-refractivity contribution in [3.63, 3.8) is 0 Å². The van der Waals surface area contributed by atoms with Crippen LogP contribution in [-0.2, 0) is 4.74 Å². The molecule has 0 spiro atoms. The third-order valence-corrected chi connectivity index (χ3v) is 6.54. The first-order valence-electron chi connectivity index (χ1n) is 7.67. The molecule has 1 aromatic rings. The number of aryl methyl sites for hydroxylation is 1. The van der Waals surface area contributed by atoms with Gasteiger partial charge in [0.2, 0.25) is 0 Å². The van der Waals surface area contributed by atoms with Crippen molar-refractivity contribution in [1.82, 2.24) is 4.90 Å². The van der Waals surface area contributed by atoms with E-state index in [4.69, 9.17) is 4.74 Å². The van der Waals surface area contributed by atoms with E-state index in [2.05, 4.69) is 76.4 Å². The van der Waals surface area contributed by atoms with Crippen LogP contribution in [0.1, 0.15) is 24.2 Å². The van der Waals surface area contributed by atoms with Gasteiger partial charge >= 0.3 is 143 Å². The van der Waals surface area contributed by atoms with Crippen LogP contribution in [0.3, 0.4) is 0 Å². The van der Waals surface area contributed by atoms with E-state index >= 15 is 0 Å². The Labute approximate surface area is 142 Å². The maximum absolute atomic E-state index is 5.74.